The second-order valence-corrected chi connectivity index (χ2v) is 18.1. The molecule has 0 bridgehead atoms. The highest BCUT2D eigenvalue weighted by molar-refractivity contribution is 6.03. The maximum Gasteiger partial charge on any atom is 0.329 e. The van der Waals surface area contributed by atoms with Crippen molar-refractivity contribution in [3.05, 3.63) is 76.4 Å². The van der Waals surface area contributed by atoms with E-state index in [1.54, 1.807) is 37.7 Å². The average Bonchev–Trinajstić information content (AvgIpc) is 3.65. The van der Waals surface area contributed by atoms with Crippen LogP contribution in [0.15, 0.2) is 58.2 Å². The monoisotopic (exact) mass is 864 g/mol. The van der Waals surface area contributed by atoms with E-state index in [4.69, 9.17) is 14.3 Å². The molecule has 17 heteroatoms. The van der Waals surface area contributed by atoms with Gasteiger partial charge in [0.2, 0.25) is 17.7 Å². The van der Waals surface area contributed by atoms with Gasteiger partial charge in [0.05, 0.1) is 22.8 Å². The quantitative estimate of drug-likeness (QED) is 0.0595. The van der Waals surface area contributed by atoms with Crippen LogP contribution >= 0.6 is 0 Å². The number of ether oxygens (including phenoxy) is 1. The molecular formula is C46H60N10O7. The van der Waals surface area contributed by atoms with Crippen LogP contribution in [-0.2, 0) is 33.4 Å². The predicted molar refractivity (Wildman–Crippen MR) is 237 cm³/mol. The lowest BCUT2D eigenvalue weighted by Crippen LogP contribution is -2.44. The topological polar surface area (TPSA) is 204 Å². The standard InChI is InChI=1S/C46H60N10O7/c1-46(2,61)41-34(49-42(58)35-28-63-44(50-35)32-19-20-47-38(24-32)48-25-29-11-12-29)27-55(52-41)33-15-13-30(14-16-33)26-53(3)21-7-23-62-22-6-9-31-8-5-10-36-40(31)54(4)45(60)56(36)37-17-18-39(57)51-43(37)59/h5,8,10,19-20,24,27-30,33,37,61H,6-7,9,11-18,21-23,25-26H2,1-4H3,(H,47,48)(H,49,58)(H,51,57,59). The van der Waals surface area contributed by atoms with Gasteiger partial charge in [0, 0.05) is 64.3 Å². The summed E-state index contributed by atoms with van der Waals surface area (Å²) < 4.78 is 16.7. The molecular weight excluding hydrogens is 805 g/mol. The molecule has 8 rings (SSSR count). The number of aromatic nitrogens is 6. The first-order chi connectivity index (χ1) is 30.3. The summed E-state index contributed by atoms with van der Waals surface area (Å²) in [4.78, 5) is 62.2. The van der Waals surface area contributed by atoms with E-state index in [9.17, 15) is 24.3 Å². The molecule has 2 aliphatic carbocycles. The molecule has 1 aliphatic heterocycles. The van der Waals surface area contributed by atoms with Crippen LogP contribution in [0, 0.1) is 11.8 Å². The Morgan fingerprint density at radius 3 is 2.59 bits per heavy atom. The number of imide groups is 1. The summed E-state index contributed by atoms with van der Waals surface area (Å²) in [5, 5.41) is 24.5. The molecule has 5 heterocycles. The van der Waals surface area contributed by atoms with Gasteiger partial charge in [-0.1, -0.05) is 12.1 Å². The summed E-state index contributed by atoms with van der Waals surface area (Å²) in [7, 11) is 3.89. The van der Waals surface area contributed by atoms with Crippen molar-refractivity contribution in [2.45, 2.75) is 102 Å². The van der Waals surface area contributed by atoms with Crippen molar-refractivity contribution in [1.29, 1.82) is 0 Å². The van der Waals surface area contributed by atoms with E-state index in [1.807, 2.05) is 35.1 Å². The minimum atomic E-state index is -1.28. The van der Waals surface area contributed by atoms with Crippen LogP contribution in [0.1, 0.15) is 112 Å². The lowest BCUT2D eigenvalue weighted by molar-refractivity contribution is -0.135. The number of aryl methyl sites for hydroxylation is 2. The SMILES string of the molecule is CN(CCCOCCCc1cccc2c1n(C)c(=O)n2C1CCC(=O)NC1=O)CC1CCC(n2cc(NC(=O)c3coc(-c4ccnc(NCC5CC5)c4)n3)c(C(C)(C)O)n2)CC1. The molecule has 1 saturated heterocycles. The van der Waals surface area contributed by atoms with E-state index >= 15 is 0 Å². The van der Waals surface area contributed by atoms with Crippen molar-refractivity contribution in [2.24, 2.45) is 18.9 Å². The molecule has 4 N–H and O–H groups in total. The van der Waals surface area contributed by atoms with Crippen LogP contribution in [0.5, 0.6) is 0 Å². The number of imidazole rings is 1. The number of aliphatic hydroxyl groups is 1. The number of para-hydroxylation sites is 1. The number of hydrogen-bond donors (Lipinski definition) is 4. The molecule has 0 radical (unpaired) electrons. The zero-order valence-corrected chi connectivity index (χ0v) is 36.8. The molecule has 336 valence electrons. The van der Waals surface area contributed by atoms with Crippen LogP contribution in [-0.4, -0.2) is 96.5 Å². The van der Waals surface area contributed by atoms with Crippen LogP contribution in [0.4, 0.5) is 11.5 Å². The largest absolute Gasteiger partial charge is 0.444 e. The lowest BCUT2D eigenvalue weighted by atomic mass is 9.86. The van der Waals surface area contributed by atoms with Gasteiger partial charge in [-0.15, -0.1) is 0 Å². The van der Waals surface area contributed by atoms with Gasteiger partial charge >= 0.3 is 5.69 Å². The van der Waals surface area contributed by atoms with Gasteiger partial charge in [-0.2, -0.15) is 5.10 Å². The Morgan fingerprint density at radius 1 is 1.05 bits per heavy atom. The lowest BCUT2D eigenvalue weighted by Gasteiger charge is -2.31. The highest BCUT2D eigenvalue weighted by Crippen LogP contribution is 2.36. The van der Waals surface area contributed by atoms with Gasteiger partial charge < -0.3 is 29.8 Å². The summed E-state index contributed by atoms with van der Waals surface area (Å²) in [5.74, 6) is 1.14. The van der Waals surface area contributed by atoms with Crippen LogP contribution in [0.3, 0.4) is 0 Å². The van der Waals surface area contributed by atoms with Gasteiger partial charge in [0.25, 0.3) is 5.91 Å². The fourth-order valence-corrected chi connectivity index (χ4v) is 9.03. The van der Waals surface area contributed by atoms with Crippen molar-refractivity contribution in [1.82, 2.24) is 39.1 Å². The first-order valence-corrected chi connectivity index (χ1v) is 22.4. The first-order valence-electron chi connectivity index (χ1n) is 22.4. The second kappa shape index (κ2) is 19.0. The number of carbonyl (C=O) groups excluding carboxylic acids is 3. The maximum atomic E-state index is 13.4. The number of rotatable bonds is 19. The fourth-order valence-electron chi connectivity index (χ4n) is 9.03. The molecule has 3 aliphatic rings. The highest BCUT2D eigenvalue weighted by atomic mass is 16.5. The van der Waals surface area contributed by atoms with Crippen molar-refractivity contribution in [2.75, 3.05) is 50.5 Å². The van der Waals surface area contributed by atoms with Crippen molar-refractivity contribution in [3.8, 4) is 11.5 Å². The molecule has 2 saturated carbocycles. The Hall–Kier alpha value is -5.65. The Morgan fingerprint density at radius 2 is 1.83 bits per heavy atom. The number of pyridine rings is 1. The van der Waals surface area contributed by atoms with Gasteiger partial charge in [-0.05, 0) is 121 Å². The van der Waals surface area contributed by atoms with E-state index in [0.29, 0.717) is 54.3 Å². The molecule has 5 aromatic rings. The minimum Gasteiger partial charge on any atom is -0.444 e. The number of benzene rings is 1. The van der Waals surface area contributed by atoms with Gasteiger partial charge in [0.1, 0.15) is 29.4 Å². The van der Waals surface area contributed by atoms with Crippen LogP contribution in [0.25, 0.3) is 22.5 Å². The minimum absolute atomic E-state index is 0.126. The molecule has 0 spiro atoms. The molecule has 1 aromatic carbocycles. The van der Waals surface area contributed by atoms with Gasteiger partial charge in [0.15, 0.2) is 5.69 Å². The van der Waals surface area contributed by atoms with Crippen molar-refractivity contribution in [3.63, 3.8) is 0 Å². The zero-order valence-electron chi connectivity index (χ0n) is 36.8. The number of oxazole rings is 1. The molecule has 3 amide bonds. The zero-order chi connectivity index (χ0) is 44.3. The third kappa shape index (κ3) is 10.4. The molecule has 1 unspecified atom stereocenters. The normalized spacial score (nSPS) is 19.5. The number of anilines is 2. The number of carbonyl (C=O) groups is 3. The van der Waals surface area contributed by atoms with E-state index in [1.165, 1.54) is 23.7 Å². The second-order valence-electron chi connectivity index (χ2n) is 18.1. The Labute approximate surface area is 366 Å². The van der Waals surface area contributed by atoms with E-state index in [0.717, 1.165) is 87.0 Å². The number of nitrogens with zero attached hydrogens (tertiary/aromatic N) is 7. The summed E-state index contributed by atoms with van der Waals surface area (Å²) in [5.41, 5.74) is 2.69. The third-order valence-electron chi connectivity index (χ3n) is 12.6. The highest BCUT2D eigenvalue weighted by Gasteiger charge is 2.33. The van der Waals surface area contributed by atoms with Gasteiger partial charge in [-0.25, -0.2) is 14.8 Å². The van der Waals surface area contributed by atoms with Crippen LogP contribution < -0.4 is 21.6 Å². The smallest absolute Gasteiger partial charge is 0.329 e. The molecule has 3 fully saturated rings. The Bertz CT molecular complexity index is 2480. The maximum absolute atomic E-state index is 13.4. The first kappa shape index (κ1) is 44.0. The average molecular weight is 865 g/mol. The van der Waals surface area contributed by atoms with Gasteiger partial charge in [-0.3, -0.25) is 33.5 Å². The number of hydrogen-bond acceptors (Lipinski definition) is 12. The van der Waals surface area contributed by atoms with Crippen molar-refractivity contribution < 1.29 is 28.6 Å². The van der Waals surface area contributed by atoms with E-state index in [2.05, 4.69) is 37.9 Å². The predicted octanol–water partition coefficient (Wildman–Crippen LogP) is 5.57. The van der Waals surface area contributed by atoms with E-state index in [-0.39, 0.29) is 29.8 Å². The molecule has 1 atom stereocenters. The molecule has 4 aromatic heterocycles. The fraction of sp³-hybridized carbons (Fsp3) is 0.543. The summed E-state index contributed by atoms with van der Waals surface area (Å²) in [6.45, 7) is 7.41. The van der Waals surface area contributed by atoms with Crippen molar-refractivity contribution >= 4 is 40.3 Å². The number of piperidine rings is 1. The number of nitrogens with one attached hydrogen (secondary N) is 3. The summed E-state index contributed by atoms with van der Waals surface area (Å²) >= 11 is 0. The van der Waals surface area contributed by atoms with Crippen LogP contribution in [0.2, 0.25) is 0 Å². The summed E-state index contributed by atoms with van der Waals surface area (Å²) in [6.07, 6.45) is 14.3. The molecule has 63 heavy (non-hydrogen) atoms. The summed E-state index contributed by atoms with van der Waals surface area (Å²) in [6, 6.07) is 8.90. The Kier molecular flexibility index (Phi) is 13.3. The molecule has 17 nitrogen and oxygen atoms in total. The third-order valence-corrected chi connectivity index (χ3v) is 12.6. The van der Waals surface area contributed by atoms with E-state index < -0.39 is 23.5 Å². The number of fused-ring (bicyclic) bond motifs is 1. The number of amides is 3. The Balaban J connectivity index is 0.763.